The van der Waals surface area contributed by atoms with E-state index >= 15 is 0 Å². The van der Waals surface area contributed by atoms with E-state index in [1.165, 1.54) is 11.8 Å². The second-order valence-electron chi connectivity index (χ2n) is 6.28. The summed E-state index contributed by atoms with van der Waals surface area (Å²) in [6.07, 6.45) is 3.91. The van der Waals surface area contributed by atoms with Crippen molar-refractivity contribution >= 4 is 29.9 Å². The van der Waals surface area contributed by atoms with Gasteiger partial charge in [-0.05, 0) is 24.8 Å². The molecule has 0 spiro atoms. The van der Waals surface area contributed by atoms with E-state index in [2.05, 4.69) is 10.6 Å². The Hall–Kier alpha value is -1.86. The van der Waals surface area contributed by atoms with Gasteiger partial charge in [-0.2, -0.15) is 0 Å². The van der Waals surface area contributed by atoms with E-state index in [4.69, 9.17) is 4.74 Å². The van der Waals surface area contributed by atoms with E-state index in [0.717, 1.165) is 31.1 Å². The lowest BCUT2D eigenvalue weighted by Gasteiger charge is -2.39. The summed E-state index contributed by atoms with van der Waals surface area (Å²) in [6.45, 7) is 0.670. The van der Waals surface area contributed by atoms with Gasteiger partial charge in [-0.25, -0.2) is 0 Å². The molecule has 0 radical (unpaired) electrons. The largest absolute Gasteiger partial charge is 0.377 e. The number of thioether (sulfide) groups is 1. The molecule has 1 aromatic rings. The summed E-state index contributed by atoms with van der Waals surface area (Å²) in [6, 6.07) is 8.77. The van der Waals surface area contributed by atoms with E-state index in [0.29, 0.717) is 6.61 Å². The Balaban J connectivity index is 1.53. The standard InChI is InChI=1S/C18H22N2O4S/c21-11-14(13-8-4-5-9-24-13)25-18-16(17(23)20-18)19-15(22)10-12-6-2-1-3-7-12/h1-3,6-7,11,13-14,16,18H,4-5,8-10H2,(H,19,22)(H,20,23)/t13-,14?,16-,18-/m1/s1. The second-order valence-corrected chi connectivity index (χ2v) is 7.60. The van der Waals surface area contributed by atoms with Crippen molar-refractivity contribution in [1.82, 2.24) is 10.6 Å². The Bertz CT molecular complexity index is 619. The van der Waals surface area contributed by atoms with Crippen LogP contribution >= 0.6 is 11.8 Å². The van der Waals surface area contributed by atoms with E-state index in [1.807, 2.05) is 30.3 Å². The smallest absolute Gasteiger partial charge is 0.246 e. The Morgan fingerprint density at radius 1 is 1.36 bits per heavy atom. The average Bonchev–Trinajstić information content (AvgIpc) is 2.65. The number of hydrogen-bond donors (Lipinski definition) is 2. The van der Waals surface area contributed by atoms with Crippen molar-refractivity contribution in [3.05, 3.63) is 35.9 Å². The van der Waals surface area contributed by atoms with Gasteiger partial charge in [-0.3, -0.25) is 9.59 Å². The average molecular weight is 362 g/mol. The SMILES string of the molecule is O=CC(S[C@H]1NC(=O)[C@H]1NC(=O)Cc1ccccc1)[C@H]1CCCCO1. The first kappa shape index (κ1) is 17.9. The molecule has 2 amide bonds. The molecule has 2 N–H and O–H groups in total. The van der Waals surface area contributed by atoms with Crippen LogP contribution in [0, 0.1) is 0 Å². The highest BCUT2D eigenvalue weighted by Gasteiger charge is 2.43. The lowest BCUT2D eigenvalue weighted by Crippen LogP contribution is -2.68. The summed E-state index contributed by atoms with van der Waals surface area (Å²) < 4.78 is 5.67. The zero-order chi connectivity index (χ0) is 17.6. The van der Waals surface area contributed by atoms with Gasteiger partial charge >= 0.3 is 0 Å². The van der Waals surface area contributed by atoms with Crippen LogP contribution in [0.4, 0.5) is 0 Å². The van der Waals surface area contributed by atoms with Crippen molar-refractivity contribution in [3.8, 4) is 0 Å². The highest BCUT2D eigenvalue weighted by molar-refractivity contribution is 8.01. The van der Waals surface area contributed by atoms with Crippen LogP contribution < -0.4 is 10.6 Å². The molecule has 0 aromatic heterocycles. The number of hydrogen-bond acceptors (Lipinski definition) is 5. The Morgan fingerprint density at radius 2 is 2.16 bits per heavy atom. The Labute approximate surface area is 151 Å². The minimum atomic E-state index is -0.604. The van der Waals surface area contributed by atoms with Gasteiger partial charge in [0.2, 0.25) is 11.8 Å². The molecule has 2 heterocycles. The molecule has 2 fully saturated rings. The number of rotatable bonds is 7. The summed E-state index contributed by atoms with van der Waals surface area (Å²) in [5.41, 5.74) is 0.894. The monoisotopic (exact) mass is 362 g/mol. The van der Waals surface area contributed by atoms with Crippen LogP contribution in [0.1, 0.15) is 24.8 Å². The van der Waals surface area contributed by atoms with Crippen molar-refractivity contribution in [1.29, 1.82) is 0 Å². The van der Waals surface area contributed by atoms with E-state index in [-0.39, 0.29) is 35.0 Å². The third-order valence-corrected chi connectivity index (χ3v) is 5.83. The number of carbonyl (C=O) groups is 3. The maximum atomic E-state index is 12.2. The number of ether oxygens (including phenoxy) is 1. The Morgan fingerprint density at radius 3 is 2.80 bits per heavy atom. The fraction of sp³-hybridized carbons (Fsp3) is 0.500. The third kappa shape index (κ3) is 4.61. The predicted octanol–water partition coefficient (Wildman–Crippen LogP) is 1.04. The molecule has 134 valence electrons. The number of β-lactam (4-membered cyclic amide) rings is 1. The molecule has 2 aliphatic heterocycles. The maximum absolute atomic E-state index is 12.2. The zero-order valence-electron chi connectivity index (χ0n) is 13.9. The lowest BCUT2D eigenvalue weighted by molar-refractivity contribution is -0.134. The minimum absolute atomic E-state index is 0.116. The molecule has 7 heteroatoms. The summed E-state index contributed by atoms with van der Waals surface area (Å²) in [5.74, 6) is -0.415. The summed E-state index contributed by atoms with van der Waals surface area (Å²) in [7, 11) is 0. The normalized spacial score (nSPS) is 26.9. The molecule has 2 aliphatic rings. The van der Waals surface area contributed by atoms with Gasteiger partial charge in [0.1, 0.15) is 17.7 Å². The topological polar surface area (TPSA) is 84.5 Å². The van der Waals surface area contributed by atoms with Crippen LogP contribution in [-0.4, -0.2) is 47.5 Å². The zero-order valence-corrected chi connectivity index (χ0v) is 14.7. The van der Waals surface area contributed by atoms with Crippen LogP contribution in [0.5, 0.6) is 0 Å². The number of aldehydes is 1. The number of amides is 2. The quantitative estimate of drug-likeness (QED) is 0.559. The molecular formula is C18H22N2O4S. The highest BCUT2D eigenvalue weighted by atomic mass is 32.2. The van der Waals surface area contributed by atoms with Crippen molar-refractivity contribution < 1.29 is 19.1 Å². The molecule has 1 aromatic carbocycles. The Kier molecular flexibility index (Phi) is 6.09. The first-order chi connectivity index (χ1) is 12.2. The molecular weight excluding hydrogens is 340 g/mol. The summed E-state index contributed by atoms with van der Waals surface area (Å²) >= 11 is 1.36. The highest BCUT2D eigenvalue weighted by Crippen LogP contribution is 2.30. The molecule has 1 unspecified atom stereocenters. The number of carbonyl (C=O) groups excluding carboxylic acids is 3. The van der Waals surface area contributed by atoms with Gasteiger partial charge < -0.3 is 20.2 Å². The lowest BCUT2D eigenvalue weighted by atomic mass is 10.1. The molecule has 2 saturated heterocycles. The van der Waals surface area contributed by atoms with Gasteiger partial charge in [-0.15, -0.1) is 11.8 Å². The maximum Gasteiger partial charge on any atom is 0.246 e. The van der Waals surface area contributed by atoms with Crippen LogP contribution in [-0.2, 0) is 25.5 Å². The molecule has 4 atom stereocenters. The van der Waals surface area contributed by atoms with Gasteiger partial charge in [0.25, 0.3) is 0 Å². The summed E-state index contributed by atoms with van der Waals surface area (Å²) in [5, 5.41) is 4.90. The molecule has 6 nitrogen and oxygen atoms in total. The van der Waals surface area contributed by atoms with Crippen LogP contribution in [0.25, 0.3) is 0 Å². The van der Waals surface area contributed by atoms with Crippen molar-refractivity contribution in [2.24, 2.45) is 0 Å². The fourth-order valence-electron chi connectivity index (χ4n) is 3.02. The minimum Gasteiger partial charge on any atom is -0.377 e. The van der Waals surface area contributed by atoms with Crippen LogP contribution in [0.2, 0.25) is 0 Å². The van der Waals surface area contributed by atoms with E-state index in [9.17, 15) is 14.4 Å². The molecule has 3 rings (SSSR count). The number of nitrogens with one attached hydrogen (secondary N) is 2. The molecule has 25 heavy (non-hydrogen) atoms. The third-order valence-electron chi connectivity index (χ3n) is 4.41. The van der Waals surface area contributed by atoms with E-state index in [1.54, 1.807) is 0 Å². The van der Waals surface area contributed by atoms with Gasteiger partial charge in [0.05, 0.1) is 17.8 Å². The first-order valence-corrected chi connectivity index (χ1v) is 9.47. The molecule has 0 saturated carbocycles. The second kappa shape index (κ2) is 8.49. The molecule has 0 bridgehead atoms. The van der Waals surface area contributed by atoms with Crippen molar-refractivity contribution in [2.45, 2.75) is 48.5 Å². The first-order valence-electron chi connectivity index (χ1n) is 8.53. The molecule has 0 aliphatic carbocycles. The van der Waals surface area contributed by atoms with Gasteiger partial charge in [0.15, 0.2) is 0 Å². The van der Waals surface area contributed by atoms with Crippen LogP contribution in [0.15, 0.2) is 30.3 Å². The predicted molar refractivity (Wildman–Crippen MR) is 95.0 cm³/mol. The summed E-state index contributed by atoms with van der Waals surface area (Å²) in [4.78, 5) is 35.4. The van der Waals surface area contributed by atoms with Gasteiger partial charge in [-0.1, -0.05) is 30.3 Å². The van der Waals surface area contributed by atoms with Crippen molar-refractivity contribution in [3.63, 3.8) is 0 Å². The number of benzene rings is 1. The fourth-order valence-corrected chi connectivity index (χ4v) is 4.34. The van der Waals surface area contributed by atoms with Crippen molar-refractivity contribution in [2.75, 3.05) is 6.61 Å². The van der Waals surface area contributed by atoms with E-state index < -0.39 is 6.04 Å². The van der Waals surface area contributed by atoms with Gasteiger partial charge in [0, 0.05) is 6.61 Å². The van der Waals surface area contributed by atoms with Crippen LogP contribution in [0.3, 0.4) is 0 Å².